The van der Waals surface area contributed by atoms with Crippen LogP contribution in [0.4, 0.5) is 4.39 Å². The average molecular weight is 220 g/mol. The number of benzene rings is 1. The number of aromatic nitrogens is 2. The molecule has 0 bridgehead atoms. The molecule has 2 aromatic rings. The molecule has 1 aromatic carbocycles. The summed E-state index contributed by atoms with van der Waals surface area (Å²) in [5.41, 5.74) is 2.26. The van der Waals surface area contributed by atoms with Gasteiger partial charge in [-0.2, -0.15) is 5.10 Å². The molecule has 15 heavy (non-hydrogen) atoms. The van der Waals surface area contributed by atoms with E-state index in [2.05, 4.69) is 10.2 Å². The molecule has 0 unspecified atom stereocenters. The second kappa shape index (κ2) is 3.90. The van der Waals surface area contributed by atoms with Gasteiger partial charge in [-0.1, -0.05) is 24.4 Å². The molecular formula is C11H9FN2S. The molecule has 1 N–H and O–H groups in total. The van der Waals surface area contributed by atoms with Crippen molar-refractivity contribution in [2.75, 3.05) is 0 Å². The van der Waals surface area contributed by atoms with Crippen LogP contribution < -0.4 is 0 Å². The van der Waals surface area contributed by atoms with Crippen LogP contribution in [0.2, 0.25) is 0 Å². The summed E-state index contributed by atoms with van der Waals surface area (Å²) in [5.74, 6) is -0.216. The summed E-state index contributed by atoms with van der Waals surface area (Å²) in [7, 11) is 0. The minimum atomic E-state index is -0.216. The Morgan fingerprint density at radius 1 is 1.40 bits per heavy atom. The standard InChI is InChI=1S/C11H9FN2S/c1-7-9(3-2-4-10(7)12)8-5-11(15)14-13-6-8/h2-6H,1H3,(H,14,15). The highest BCUT2D eigenvalue weighted by atomic mass is 32.1. The van der Waals surface area contributed by atoms with Crippen LogP contribution in [0.3, 0.4) is 0 Å². The Bertz CT molecular complexity index is 548. The van der Waals surface area contributed by atoms with E-state index in [9.17, 15) is 4.39 Å². The van der Waals surface area contributed by atoms with Crippen molar-refractivity contribution in [1.82, 2.24) is 10.2 Å². The predicted octanol–water partition coefficient (Wildman–Crippen LogP) is 3.25. The van der Waals surface area contributed by atoms with Crippen LogP contribution in [0.1, 0.15) is 5.56 Å². The van der Waals surface area contributed by atoms with Crippen molar-refractivity contribution in [1.29, 1.82) is 0 Å². The zero-order valence-electron chi connectivity index (χ0n) is 8.12. The van der Waals surface area contributed by atoms with Gasteiger partial charge in [-0.3, -0.25) is 5.10 Å². The number of hydrogen-bond donors (Lipinski definition) is 1. The van der Waals surface area contributed by atoms with Crippen LogP contribution >= 0.6 is 12.2 Å². The van der Waals surface area contributed by atoms with Crippen LogP contribution in [0.15, 0.2) is 30.5 Å². The maximum Gasteiger partial charge on any atom is 0.126 e. The fourth-order valence-electron chi connectivity index (χ4n) is 1.44. The lowest BCUT2D eigenvalue weighted by molar-refractivity contribution is 0.619. The molecule has 1 heterocycles. The largest absolute Gasteiger partial charge is 0.268 e. The summed E-state index contributed by atoms with van der Waals surface area (Å²) in [6.07, 6.45) is 1.64. The molecule has 76 valence electrons. The van der Waals surface area contributed by atoms with Crippen molar-refractivity contribution >= 4 is 12.2 Å². The van der Waals surface area contributed by atoms with Crippen molar-refractivity contribution in [2.45, 2.75) is 6.92 Å². The molecule has 0 atom stereocenters. The first kappa shape index (κ1) is 9.98. The molecular weight excluding hydrogens is 211 g/mol. The Balaban J connectivity index is 2.64. The van der Waals surface area contributed by atoms with E-state index in [1.807, 2.05) is 6.07 Å². The van der Waals surface area contributed by atoms with Gasteiger partial charge in [0, 0.05) is 5.56 Å². The highest BCUT2D eigenvalue weighted by Gasteiger charge is 2.05. The Hall–Kier alpha value is -1.55. The number of H-pyrrole nitrogens is 1. The molecule has 0 aliphatic rings. The van der Waals surface area contributed by atoms with Gasteiger partial charge in [0.05, 0.1) is 6.20 Å². The minimum Gasteiger partial charge on any atom is -0.268 e. The van der Waals surface area contributed by atoms with Crippen molar-refractivity contribution in [3.05, 3.63) is 46.5 Å². The molecule has 0 saturated carbocycles. The van der Waals surface area contributed by atoms with E-state index in [1.54, 1.807) is 25.3 Å². The maximum absolute atomic E-state index is 13.3. The van der Waals surface area contributed by atoms with Crippen molar-refractivity contribution in [2.24, 2.45) is 0 Å². The van der Waals surface area contributed by atoms with Gasteiger partial charge < -0.3 is 0 Å². The number of rotatable bonds is 1. The first-order valence-corrected chi connectivity index (χ1v) is 4.89. The van der Waals surface area contributed by atoms with Gasteiger partial charge in [0.25, 0.3) is 0 Å². The summed E-state index contributed by atoms with van der Waals surface area (Å²) in [6.45, 7) is 1.74. The number of nitrogens with one attached hydrogen (secondary N) is 1. The van der Waals surface area contributed by atoms with E-state index in [0.29, 0.717) is 10.2 Å². The van der Waals surface area contributed by atoms with Crippen LogP contribution in [-0.4, -0.2) is 10.2 Å². The van der Waals surface area contributed by atoms with E-state index in [1.165, 1.54) is 6.07 Å². The van der Waals surface area contributed by atoms with Crippen molar-refractivity contribution < 1.29 is 4.39 Å². The number of halogens is 1. The Labute approximate surface area is 91.8 Å². The van der Waals surface area contributed by atoms with Crippen LogP contribution in [0, 0.1) is 17.4 Å². The molecule has 4 heteroatoms. The smallest absolute Gasteiger partial charge is 0.126 e. The van der Waals surface area contributed by atoms with E-state index in [0.717, 1.165) is 11.1 Å². The Kier molecular flexibility index (Phi) is 2.60. The number of aromatic amines is 1. The van der Waals surface area contributed by atoms with Gasteiger partial charge in [-0.05, 0) is 30.2 Å². The Morgan fingerprint density at radius 3 is 2.93 bits per heavy atom. The lowest BCUT2D eigenvalue weighted by atomic mass is 10.0. The van der Waals surface area contributed by atoms with Crippen LogP contribution in [0.5, 0.6) is 0 Å². The second-order valence-electron chi connectivity index (χ2n) is 3.25. The lowest BCUT2D eigenvalue weighted by Gasteiger charge is -2.05. The van der Waals surface area contributed by atoms with Gasteiger partial charge >= 0.3 is 0 Å². The van der Waals surface area contributed by atoms with Gasteiger partial charge in [0.1, 0.15) is 10.5 Å². The lowest BCUT2D eigenvalue weighted by Crippen LogP contribution is -1.89. The van der Waals surface area contributed by atoms with E-state index in [-0.39, 0.29) is 5.82 Å². The topological polar surface area (TPSA) is 28.7 Å². The normalized spacial score (nSPS) is 10.3. The summed E-state index contributed by atoms with van der Waals surface area (Å²) in [6, 6.07) is 6.74. The molecule has 0 saturated heterocycles. The molecule has 0 spiro atoms. The third-order valence-electron chi connectivity index (χ3n) is 2.24. The average Bonchev–Trinajstić information content (AvgIpc) is 2.22. The number of hydrogen-bond acceptors (Lipinski definition) is 2. The molecule has 0 fully saturated rings. The second-order valence-corrected chi connectivity index (χ2v) is 3.69. The summed E-state index contributed by atoms with van der Waals surface area (Å²) in [5, 5.41) is 6.53. The third-order valence-corrected chi connectivity index (χ3v) is 2.45. The predicted molar refractivity (Wildman–Crippen MR) is 59.6 cm³/mol. The molecule has 0 amide bonds. The minimum absolute atomic E-state index is 0.216. The third kappa shape index (κ3) is 1.94. The highest BCUT2D eigenvalue weighted by Crippen LogP contribution is 2.23. The van der Waals surface area contributed by atoms with Crippen LogP contribution in [-0.2, 0) is 0 Å². The monoisotopic (exact) mass is 220 g/mol. The molecule has 0 aliphatic heterocycles. The zero-order valence-corrected chi connectivity index (χ0v) is 8.94. The molecule has 0 aliphatic carbocycles. The molecule has 2 nitrogen and oxygen atoms in total. The van der Waals surface area contributed by atoms with E-state index >= 15 is 0 Å². The summed E-state index contributed by atoms with van der Waals surface area (Å²) in [4.78, 5) is 0. The fraction of sp³-hybridized carbons (Fsp3) is 0.0909. The fourth-order valence-corrected chi connectivity index (χ4v) is 1.62. The quantitative estimate of drug-likeness (QED) is 0.747. The van der Waals surface area contributed by atoms with Gasteiger partial charge in [0.15, 0.2) is 0 Å². The maximum atomic E-state index is 13.3. The molecule has 1 aromatic heterocycles. The van der Waals surface area contributed by atoms with E-state index in [4.69, 9.17) is 12.2 Å². The van der Waals surface area contributed by atoms with Gasteiger partial charge in [0.2, 0.25) is 0 Å². The first-order valence-electron chi connectivity index (χ1n) is 4.48. The summed E-state index contributed by atoms with van der Waals surface area (Å²) < 4.78 is 13.8. The summed E-state index contributed by atoms with van der Waals surface area (Å²) >= 11 is 4.96. The van der Waals surface area contributed by atoms with Crippen molar-refractivity contribution in [3.63, 3.8) is 0 Å². The van der Waals surface area contributed by atoms with Gasteiger partial charge in [-0.25, -0.2) is 4.39 Å². The Morgan fingerprint density at radius 2 is 2.20 bits per heavy atom. The molecule has 2 rings (SSSR count). The van der Waals surface area contributed by atoms with Gasteiger partial charge in [-0.15, -0.1) is 0 Å². The zero-order chi connectivity index (χ0) is 10.8. The SMILES string of the molecule is Cc1c(F)cccc1-c1cn[nH]c(=S)c1. The number of nitrogens with zero attached hydrogens (tertiary/aromatic N) is 1. The van der Waals surface area contributed by atoms with Crippen molar-refractivity contribution in [3.8, 4) is 11.1 Å². The molecule has 0 radical (unpaired) electrons. The van der Waals surface area contributed by atoms with E-state index < -0.39 is 0 Å². The first-order chi connectivity index (χ1) is 7.18. The van der Waals surface area contributed by atoms with Crippen LogP contribution in [0.25, 0.3) is 11.1 Å². The highest BCUT2D eigenvalue weighted by molar-refractivity contribution is 7.71.